The highest BCUT2D eigenvalue weighted by Crippen LogP contribution is 2.42. The molecule has 316 valence electrons. The molecule has 2 heterocycles. The maximum Gasteiger partial charge on any atom is 0.329 e. The van der Waals surface area contributed by atoms with Gasteiger partial charge < -0.3 is 20.4 Å². The number of imide groups is 2. The van der Waals surface area contributed by atoms with Crippen LogP contribution >= 0.6 is 0 Å². The van der Waals surface area contributed by atoms with E-state index in [0.29, 0.717) is 0 Å². The van der Waals surface area contributed by atoms with E-state index >= 15 is 0 Å². The van der Waals surface area contributed by atoms with Crippen LogP contribution in [0.15, 0.2) is 24.3 Å². The van der Waals surface area contributed by atoms with E-state index in [4.69, 9.17) is 0 Å². The molecule has 0 spiro atoms. The Hall–Kier alpha value is -4.16. The van der Waals surface area contributed by atoms with Gasteiger partial charge in [-0.1, -0.05) is 107 Å². The molecular weight excluding hydrogens is 725 g/mol. The van der Waals surface area contributed by atoms with Gasteiger partial charge in [-0.05, 0) is 82.7 Å². The van der Waals surface area contributed by atoms with E-state index in [1.54, 1.807) is 27.7 Å². The quantitative estimate of drug-likeness (QED) is 0.190. The van der Waals surface area contributed by atoms with E-state index in [-0.39, 0.29) is 65.8 Å². The van der Waals surface area contributed by atoms with Gasteiger partial charge >= 0.3 is 12.1 Å². The van der Waals surface area contributed by atoms with Gasteiger partial charge in [0, 0.05) is 12.8 Å². The van der Waals surface area contributed by atoms with E-state index in [1.807, 2.05) is 107 Å². The number of phenolic OH excluding ortho intramolecular Hbond substituents is 2. The molecule has 2 aromatic rings. The van der Waals surface area contributed by atoms with Gasteiger partial charge in [0.2, 0.25) is 0 Å². The fourth-order valence-electron chi connectivity index (χ4n) is 7.78. The Kier molecular flexibility index (Phi) is 11.9. The molecule has 0 aliphatic carbocycles. The number of carbonyl (C=O) groups excluding carboxylic acids is 4. The average Bonchev–Trinajstić information content (AvgIpc) is 3.29. The number of urea groups is 2. The van der Waals surface area contributed by atoms with Crippen LogP contribution in [0.25, 0.3) is 0 Å². The van der Waals surface area contributed by atoms with Gasteiger partial charge in [0.25, 0.3) is 11.8 Å². The Bertz CT molecular complexity index is 1710. The lowest BCUT2D eigenvalue weighted by Crippen LogP contribution is -2.55. The monoisotopic (exact) mass is 793 g/mol. The summed E-state index contributed by atoms with van der Waals surface area (Å²) in [5.74, 6) is -0.681. The topological polar surface area (TPSA) is 162 Å². The molecule has 0 radical (unpaired) electrons. The summed E-state index contributed by atoms with van der Waals surface area (Å²) in [7, 11) is 0. The lowest BCUT2D eigenvalue weighted by atomic mass is 9.78. The van der Waals surface area contributed by atoms with Crippen LogP contribution in [0.1, 0.15) is 144 Å². The highest BCUT2D eigenvalue weighted by molar-refractivity contribution is 6.08. The van der Waals surface area contributed by atoms with Gasteiger partial charge in [-0.25, -0.2) is 9.59 Å². The molecule has 12 heteroatoms. The average molecular weight is 793 g/mol. The van der Waals surface area contributed by atoms with Crippen molar-refractivity contribution in [3.05, 3.63) is 57.6 Å². The Morgan fingerprint density at radius 1 is 0.509 bits per heavy atom. The number of hydrogen-bond acceptors (Lipinski definition) is 8. The fraction of sp³-hybridized carbons (Fsp3) is 0.644. The first-order chi connectivity index (χ1) is 25.6. The van der Waals surface area contributed by atoms with Crippen LogP contribution in [0.2, 0.25) is 0 Å². The van der Waals surface area contributed by atoms with Crippen LogP contribution < -0.4 is 0 Å². The number of rotatable bonds is 10. The normalized spacial score (nSPS) is 19.0. The Balaban J connectivity index is 1.53. The van der Waals surface area contributed by atoms with E-state index in [1.165, 1.54) is 9.80 Å². The molecular formula is C45H68N4O8. The standard InChI is InChI=1S/C45H68N4O8/c1-40(2,3)30-19-26(20-31(34(30)52)41(4,5)6)17-28(50)23-46-36(54)44(13,14)48(38(46)56)25-49-39(57)47(37(55)45(49,15)16)24-29(51)18-27-21-32(42(7,8)9)35(53)33(22-27)43(10,11)12/h19-22,28-29,50-53H,17-18,23-25H2,1-16H3. The minimum atomic E-state index is -1.41. The van der Waals surface area contributed by atoms with Gasteiger partial charge in [-0.3, -0.25) is 29.2 Å². The molecule has 0 aromatic heterocycles. The molecule has 2 fully saturated rings. The zero-order valence-corrected chi connectivity index (χ0v) is 37.2. The van der Waals surface area contributed by atoms with Gasteiger partial charge in [-0.15, -0.1) is 0 Å². The Morgan fingerprint density at radius 3 is 0.982 bits per heavy atom. The Labute approximate surface area is 339 Å². The molecule has 4 rings (SSSR count). The summed E-state index contributed by atoms with van der Waals surface area (Å²) in [4.78, 5) is 60.1. The molecule has 0 saturated carbocycles. The number of nitrogens with zero attached hydrogens (tertiary/aromatic N) is 4. The predicted molar refractivity (Wildman–Crippen MR) is 221 cm³/mol. The summed E-state index contributed by atoms with van der Waals surface area (Å²) in [6, 6.07) is 6.02. The fourth-order valence-corrected chi connectivity index (χ4v) is 7.78. The number of benzene rings is 2. The molecule has 2 aliphatic heterocycles. The summed E-state index contributed by atoms with van der Waals surface area (Å²) in [5.41, 5.74) is 0.0911. The summed E-state index contributed by atoms with van der Waals surface area (Å²) >= 11 is 0. The molecule has 57 heavy (non-hydrogen) atoms. The molecule has 4 N–H and O–H groups in total. The summed E-state index contributed by atoms with van der Waals surface area (Å²) in [6.07, 6.45) is -2.02. The first kappa shape index (κ1) is 45.5. The highest BCUT2D eigenvalue weighted by Gasteiger charge is 2.57. The molecule has 2 aliphatic rings. The van der Waals surface area contributed by atoms with Crippen molar-refractivity contribution in [2.75, 3.05) is 19.8 Å². The minimum Gasteiger partial charge on any atom is -0.507 e. The number of aliphatic hydroxyl groups excluding tert-OH is 2. The van der Waals surface area contributed by atoms with Crippen molar-refractivity contribution >= 4 is 23.9 Å². The predicted octanol–water partition coefficient (Wildman–Crippen LogP) is 6.84. The van der Waals surface area contributed by atoms with Crippen molar-refractivity contribution in [3.8, 4) is 11.5 Å². The third kappa shape index (κ3) is 8.97. The first-order valence-corrected chi connectivity index (χ1v) is 20.0. The van der Waals surface area contributed by atoms with E-state index in [9.17, 15) is 39.6 Å². The molecule has 12 nitrogen and oxygen atoms in total. The van der Waals surface area contributed by atoms with E-state index in [2.05, 4.69) is 0 Å². The van der Waals surface area contributed by atoms with Gasteiger partial charge in [0.15, 0.2) is 0 Å². The SMILES string of the molecule is CC(C)(C)c1cc(CC(O)CN2C(=O)N(CN3C(=O)N(CC(O)Cc4cc(C(C)(C)C)c(O)c(C(C)(C)C)c4)C(=O)C3(C)C)C(C)(C)C2=O)cc(C(C)(C)C)c1O. The third-order valence-electron chi connectivity index (χ3n) is 11.4. The molecule has 0 bridgehead atoms. The van der Waals surface area contributed by atoms with Crippen LogP contribution in [0.3, 0.4) is 0 Å². The second kappa shape index (κ2) is 14.9. The van der Waals surface area contributed by atoms with Crippen molar-refractivity contribution in [3.63, 3.8) is 0 Å². The lowest BCUT2D eigenvalue weighted by Gasteiger charge is -2.36. The first-order valence-electron chi connectivity index (χ1n) is 20.0. The second-order valence-corrected chi connectivity index (χ2v) is 21.3. The van der Waals surface area contributed by atoms with Crippen molar-refractivity contribution in [1.82, 2.24) is 19.6 Å². The minimum absolute atomic E-state index is 0.118. The molecule has 2 saturated heterocycles. The number of carbonyl (C=O) groups is 4. The Morgan fingerprint density at radius 2 is 0.754 bits per heavy atom. The number of aromatic hydroxyl groups is 2. The summed E-state index contributed by atoms with van der Waals surface area (Å²) < 4.78 is 0. The number of hydrogen-bond donors (Lipinski definition) is 4. The zero-order valence-electron chi connectivity index (χ0n) is 37.2. The van der Waals surface area contributed by atoms with Crippen molar-refractivity contribution in [2.45, 2.75) is 169 Å². The number of β-amino-alcohol motifs (C(OH)–C–C–N with tert-alkyl or cyclic N) is 2. The molecule has 2 unspecified atom stereocenters. The third-order valence-corrected chi connectivity index (χ3v) is 11.4. The van der Waals surface area contributed by atoms with Crippen LogP contribution in [-0.4, -0.2) is 107 Å². The molecule has 2 atom stereocenters. The van der Waals surface area contributed by atoms with Crippen LogP contribution in [-0.2, 0) is 44.1 Å². The van der Waals surface area contributed by atoms with E-state index in [0.717, 1.165) is 43.2 Å². The maximum absolute atomic E-state index is 14.0. The number of phenols is 2. The molecule has 2 aromatic carbocycles. The summed E-state index contributed by atoms with van der Waals surface area (Å²) in [6.45, 7) is 29.3. The van der Waals surface area contributed by atoms with Crippen LogP contribution in [0.4, 0.5) is 9.59 Å². The van der Waals surface area contributed by atoms with Crippen molar-refractivity contribution < 1.29 is 39.6 Å². The summed E-state index contributed by atoms with van der Waals surface area (Å²) in [5, 5.41) is 44.9. The number of aliphatic hydroxyl groups is 2. The lowest BCUT2D eigenvalue weighted by molar-refractivity contribution is -0.134. The smallest absolute Gasteiger partial charge is 0.329 e. The van der Waals surface area contributed by atoms with Crippen LogP contribution in [0, 0.1) is 0 Å². The van der Waals surface area contributed by atoms with Crippen molar-refractivity contribution in [1.29, 1.82) is 0 Å². The van der Waals surface area contributed by atoms with Gasteiger partial charge in [-0.2, -0.15) is 0 Å². The van der Waals surface area contributed by atoms with Gasteiger partial charge in [0.1, 0.15) is 29.2 Å². The van der Waals surface area contributed by atoms with Crippen LogP contribution in [0.5, 0.6) is 11.5 Å². The molecule has 6 amide bonds. The van der Waals surface area contributed by atoms with E-state index < -0.39 is 47.2 Å². The van der Waals surface area contributed by atoms with Crippen molar-refractivity contribution in [2.24, 2.45) is 0 Å². The zero-order chi connectivity index (χ0) is 43.8. The maximum atomic E-state index is 14.0. The largest absolute Gasteiger partial charge is 0.507 e. The van der Waals surface area contributed by atoms with Gasteiger partial charge in [0.05, 0.1) is 25.3 Å². The number of amides is 6. The second-order valence-electron chi connectivity index (χ2n) is 21.3. The highest BCUT2D eigenvalue weighted by atomic mass is 16.3.